The van der Waals surface area contributed by atoms with Gasteiger partial charge in [0.25, 0.3) is 5.56 Å². The zero-order valence-corrected chi connectivity index (χ0v) is 19.5. The van der Waals surface area contributed by atoms with E-state index in [-0.39, 0.29) is 22.7 Å². The number of imidazole rings is 1. The maximum absolute atomic E-state index is 13.7. The average molecular weight is 443 g/mol. The maximum Gasteiger partial charge on any atom is 0.337 e. The van der Waals surface area contributed by atoms with Crippen LogP contribution in [0.4, 0.5) is 0 Å². The Balaban J connectivity index is 1.68. The predicted octanol–water partition coefficient (Wildman–Crippen LogP) is 4.81. The van der Waals surface area contributed by atoms with Gasteiger partial charge in [-0.15, -0.1) is 0 Å². The van der Waals surface area contributed by atoms with Gasteiger partial charge in [-0.2, -0.15) is 0 Å². The van der Waals surface area contributed by atoms with Crippen molar-refractivity contribution in [1.29, 1.82) is 0 Å². The molecule has 0 unspecified atom stereocenters. The first-order chi connectivity index (χ1) is 15.8. The van der Waals surface area contributed by atoms with E-state index in [4.69, 9.17) is 0 Å². The second-order valence-corrected chi connectivity index (χ2v) is 10.1. The first-order valence-corrected chi connectivity index (χ1v) is 11.7. The Labute approximate surface area is 193 Å². The van der Waals surface area contributed by atoms with E-state index in [1.54, 1.807) is 10.9 Å². The third kappa shape index (κ3) is 3.84. The van der Waals surface area contributed by atoms with Crippen molar-refractivity contribution in [2.45, 2.75) is 64.5 Å². The Kier molecular flexibility index (Phi) is 5.31. The van der Waals surface area contributed by atoms with E-state index in [0.717, 1.165) is 36.9 Å². The minimum atomic E-state index is -0.301. The largest absolute Gasteiger partial charge is 0.337 e. The summed E-state index contributed by atoms with van der Waals surface area (Å²) in [6.07, 6.45) is 5.48. The highest BCUT2D eigenvalue weighted by molar-refractivity contribution is 5.72. The van der Waals surface area contributed by atoms with Crippen molar-refractivity contribution in [1.82, 2.24) is 18.7 Å². The fraction of sp³-hybridized carbons (Fsp3) is 0.370. The van der Waals surface area contributed by atoms with Crippen molar-refractivity contribution in [3.8, 4) is 5.69 Å². The highest BCUT2D eigenvalue weighted by Crippen LogP contribution is 2.28. The standard InChI is InChI=1S/C27H30N4O2/c1-27(2,3)20-15-13-19(14-16-20)17-29-18-28-24-23(29)25(32)31(22-11-7-8-12-22)26(33)30(24)21-9-5-4-6-10-21/h4-6,9-10,13-16,18,22H,7-8,11-12,17H2,1-3H3. The van der Waals surface area contributed by atoms with Crippen LogP contribution in [0.1, 0.15) is 63.6 Å². The number of nitrogens with zero attached hydrogens (tertiary/aromatic N) is 4. The summed E-state index contributed by atoms with van der Waals surface area (Å²) in [5, 5.41) is 0. The number of rotatable bonds is 4. The summed E-state index contributed by atoms with van der Waals surface area (Å²) in [5.41, 5.74) is 3.51. The molecule has 0 amide bonds. The van der Waals surface area contributed by atoms with Crippen LogP contribution in [0.3, 0.4) is 0 Å². The zero-order chi connectivity index (χ0) is 23.2. The highest BCUT2D eigenvalue weighted by Gasteiger charge is 2.26. The Morgan fingerprint density at radius 2 is 1.61 bits per heavy atom. The topological polar surface area (TPSA) is 61.8 Å². The molecular formula is C27H30N4O2. The Morgan fingerprint density at radius 1 is 0.939 bits per heavy atom. The van der Waals surface area contributed by atoms with Crippen molar-refractivity contribution < 1.29 is 0 Å². The molecule has 1 saturated carbocycles. The molecule has 2 heterocycles. The predicted molar refractivity (Wildman–Crippen MR) is 131 cm³/mol. The van der Waals surface area contributed by atoms with Gasteiger partial charge in [-0.1, -0.05) is 76.1 Å². The molecule has 0 N–H and O–H groups in total. The summed E-state index contributed by atoms with van der Waals surface area (Å²) >= 11 is 0. The van der Waals surface area contributed by atoms with Crippen molar-refractivity contribution in [2.75, 3.05) is 0 Å². The number of hydrogen-bond acceptors (Lipinski definition) is 3. The lowest BCUT2D eigenvalue weighted by Crippen LogP contribution is -2.41. The fourth-order valence-electron chi connectivity index (χ4n) is 4.87. The van der Waals surface area contributed by atoms with Crippen molar-refractivity contribution >= 4 is 11.2 Å². The molecule has 5 rings (SSSR count). The van der Waals surface area contributed by atoms with Crippen molar-refractivity contribution in [3.63, 3.8) is 0 Å². The summed E-state index contributed by atoms with van der Waals surface area (Å²) in [4.78, 5) is 31.8. The Bertz CT molecular complexity index is 1400. The van der Waals surface area contributed by atoms with Crippen LogP contribution in [0.15, 0.2) is 70.5 Å². The van der Waals surface area contributed by atoms with Crippen LogP contribution in [0.5, 0.6) is 0 Å². The molecule has 1 fully saturated rings. The van der Waals surface area contributed by atoms with Gasteiger partial charge < -0.3 is 4.57 Å². The van der Waals surface area contributed by atoms with E-state index in [2.05, 4.69) is 50.0 Å². The van der Waals surface area contributed by atoms with E-state index >= 15 is 0 Å². The molecule has 6 nitrogen and oxygen atoms in total. The zero-order valence-electron chi connectivity index (χ0n) is 19.5. The number of para-hydroxylation sites is 1. The van der Waals surface area contributed by atoms with Gasteiger partial charge in [0, 0.05) is 12.6 Å². The molecule has 0 saturated heterocycles. The third-order valence-electron chi connectivity index (χ3n) is 6.73. The lowest BCUT2D eigenvalue weighted by Gasteiger charge is -2.19. The summed E-state index contributed by atoms with van der Waals surface area (Å²) in [6, 6.07) is 17.9. The molecule has 1 aliphatic carbocycles. The summed E-state index contributed by atoms with van der Waals surface area (Å²) in [5.74, 6) is 0. The monoisotopic (exact) mass is 442 g/mol. The van der Waals surface area contributed by atoms with E-state index in [1.807, 2.05) is 34.9 Å². The van der Waals surface area contributed by atoms with Gasteiger partial charge in [0.05, 0.1) is 12.0 Å². The minimum absolute atomic E-state index is 0.0567. The van der Waals surface area contributed by atoms with Gasteiger partial charge in [-0.05, 0) is 41.5 Å². The van der Waals surface area contributed by atoms with Crippen LogP contribution in [-0.2, 0) is 12.0 Å². The molecule has 4 aromatic rings. The number of benzene rings is 2. The Hall–Kier alpha value is -3.41. The average Bonchev–Trinajstić information content (AvgIpc) is 3.45. The number of hydrogen-bond donors (Lipinski definition) is 0. The molecule has 170 valence electrons. The van der Waals surface area contributed by atoms with Crippen molar-refractivity contribution in [2.24, 2.45) is 0 Å². The molecule has 0 atom stereocenters. The lowest BCUT2D eigenvalue weighted by molar-refractivity contribution is 0.474. The van der Waals surface area contributed by atoms with E-state index in [0.29, 0.717) is 17.7 Å². The lowest BCUT2D eigenvalue weighted by atomic mass is 9.87. The summed E-state index contributed by atoms with van der Waals surface area (Å²) in [6.45, 7) is 7.10. The van der Waals surface area contributed by atoms with Gasteiger partial charge in [-0.25, -0.2) is 14.3 Å². The van der Waals surface area contributed by atoms with E-state index < -0.39 is 0 Å². The van der Waals surface area contributed by atoms with Crippen LogP contribution < -0.4 is 11.2 Å². The Morgan fingerprint density at radius 3 is 2.24 bits per heavy atom. The maximum atomic E-state index is 13.7. The van der Waals surface area contributed by atoms with Gasteiger partial charge in [-0.3, -0.25) is 9.36 Å². The van der Waals surface area contributed by atoms with Gasteiger partial charge in [0.15, 0.2) is 11.2 Å². The van der Waals surface area contributed by atoms with Crippen LogP contribution in [0.25, 0.3) is 16.9 Å². The molecule has 2 aromatic carbocycles. The molecule has 1 aliphatic rings. The second kappa shape index (κ2) is 8.18. The molecule has 2 aromatic heterocycles. The second-order valence-electron chi connectivity index (χ2n) is 10.1. The molecule has 33 heavy (non-hydrogen) atoms. The summed E-state index contributed by atoms with van der Waals surface area (Å²) < 4.78 is 4.95. The highest BCUT2D eigenvalue weighted by atomic mass is 16.2. The quantitative estimate of drug-likeness (QED) is 0.456. The molecule has 0 bridgehead atoms. The van der Waals surface area contributed by atoms with Crippen LogP contribution in [0.2, 0.25) is 0 Å². The minimum Gasteiger partial charge on any atom is -0.320 e. The normalized spacial score (nSPS) is 14.9. The van der Waals surface area contributed by atoms with Gasteiger partial charge in [0.1, 0.15) is 0 Å². The first-order valence-electron chi connectivity index (χ1n) is 11.7. The summed E-state index contributed by atoms with van der Waals surface area (Å²) in [7, 11) is 0. The molecule has 6 heteroatoms. The van der Waals surface area contributed by atoms with Crippen LogP contribution in [-0.4, -0.2) is 18.7 Å². The van der Waals surface area contributed by atoms with E-state index in [1.165, 1.54) is 10.1 Å². The number of aromatic nitrogens is 4. The molecule has 0 spiro atoms. The smallest absolute Gasteiger partial charge is 0.320 e. The van der Waals surface area contributed by atoms with Crippen LogP contribution >= 0.6 is 0 Å². The van der Waals surface area contributed by atoms with Gasteiger partial charge in [0.2, 0.25) is 0 Å². The van der Waals surface area contributed by atoms with Crippen molar-refractivity contribution in [3.05, 3.63) is 92.9 Å². The van der Waals surface area contributed by atoms with Crippen LogP contribution in [0, 0.1) is 0 Å². The number of fused-ring (bicyclic) bond motifs is 1. The van der Waals surface area contributed by atoms with Gasteiger partial charge >= 0.3 is 5.69 Å². The van der Waals surface area contributed by atoms with E-state index in [9.17, 15) is 9.59 Å². The molecule has 0 radical (unpaired) electrons. The molecular weight excluding hydrogens is 412 g/mol. The SMILES string of the molecule is CC(C)(C)c1ccc(Cn2cnc3c2c(=O)n(C2CCCC2)c(=O)n3-c2ccccc2)cc1. The first kappa shape index (κ1) is 21.4. The third-order valence-corrected chi connectivity index (χ3v) is 6.73. The fourth-order valence-corrected chi connectivity index (χ4v) is 4.87. The molecule has 0 aliphatic heterocycles.